The molecule has 0 unspecified atom stereocenters. The lowest BCUT2D eigenvalue weighted by Crippen LogP contribution is -2.36. The Morgan fingerprint density at radius 3 is 2.58 bits per heavy atom. The van der Waals surface area contributed by atoms with Gasteiger partial charge in [-0.2, -0.15) is 13.2 Å². The Kier molecular flexibility index (Phi) is 6.06. The average Bonchev–Trinajstić information content (AvgIpc) is 3.18. The second kappa shape index (κ2) is 8.67. The van der Waals surface area contributed by atoms with Gasteiger partial charge >= 0.3 is 6.18 Å². The van der Waals surface area contributed by atoms with E-state index in [4.69, 9.17) is 4.74 Å². The lowest BCUT2D eigenvalue weighted by atomic mass is 10.0. The highest BCUT2D eigenvalue weighted by Crippen LogP contribution is 2.35. The van der Waals surface area contributed by atoms with Gasteiger partial charge in [0.05, 0.1) is 24.3 Å². The van der Waals surface area contributed by atoms with Gasteiger partial charge in [0, 0.05) is 37.8 Å². The van der Waals surface area contributed by atoms with Gasteiger partial charge in [0.25, 0.3) is 5.91 Å². The molecule has 176 valence electrons. The van der Waals surface area contributed by atoms with Crippen LogP contribution < -0.4 is 10.2 Å². The van der Waals surface area contributed by atoms with Crippen LogP contribution in [0.1, 0.15) is 21.6 Å². The summed E-state index contributed by atoms with van der Waals surface area (Å²) in [7, 11) is -3.74. The number of morpholine rings is 1. The highest BCUT2D eigenvalue weighted by molar-refractivity contribution is 7.90. The Morgan fingerprint density at radius 1 is 1.18 bits per heavy atom. The number of nitrogens with one attached hydrogen (secondary N) is 1. The van der Waals surface area contributed by atoms with Crippen molar-refractivity contribution in [2.75, 3.05) is 37.5 Å². The first-order chi connectivity index (χ1) is 15.6. The molecule has 3 heterocycles. The summed E-state index contributed by atoms with van der Waals surface area (Å²) in [6, 6.07) is 8.68. The molecule has 8 nitrogen and oxygen atoms in total. The molecule has 33 heavy (non-hydrogen) atoms. The van der Waals surface area contributed by atoms with Crippen LogP contribution in [0.25, 0.3) is 5.52 Å². The summed E-state index contributed by atoms with van der Waals surface area (Å²) in [5, 5.41) is 2.12. The van der Waals surface area contributed by atoms with Gasteiger partial charge in [-0.05, 0) is 29.8 Å². The Hall–Kier alpha value is -3.12. The molecule has 1 aliphatic heterocycles. The molecule has 0 saturated carbocycles. The van der Waals surface area contributed by atoms with Crippen LogP contribution >= 0.6 is 0 Å². The number of fused-ring (bicyclic) bond motifs is 1. The van der Waals surface area contributed by atoms with Crippen molar-refractivity contribution in [2.45, 2.75) is 17.9 Å². The Balaban J connectivity index is 1.61. The minimum absolute atomic E-state index is 0.111. The molecule has 3 aromatic rings. The van der Waals surface area contributed by atoms with E-state index in [-0.39, 0.29) is 21.9 Å². The summed E-state index contributed by atoms with van der Waals surface area (Å²) in [6.45, 7) is 1.45. The monoisotopic (exact) mass is 482 g/mol. The molecule has 0 radical (unpaired) electrons. The van der Waals surface area contributed by atoms with E-state index in [0.717, 1.165) is 12.3 Å². The van der Waals surface area contributed by atoms with E-state index in [1.165, 1.54) is 22.7 Å². The first-order valence-corrected chi connectivity index (χ1v) is 11.9. The summed E-state index contributed by atoms with van der Waals surface area (Å²) >= 11 is 0. The standard InChI is InChI=1S/C21H21F3N4O4S/c1-33(30,31)20-26-18(17-4-2-3-7-28(17)20)19(29)25-13-14-5-6-15(12-16(14)21(22,23)24)27-8-10-32-11-9-27/h2-7,12H,8-11,13H2,1H3,(H,25,29). The molecule has 0 aliphatic carbocycles. The highest BCUT2D eigenvalue weighted by atomic mass is 32.2. The summed E-state index contributed by atoms with van der Waals surface area (Å²) in [5.74, 6) is -0.779. The molecule has 1 fully saturated rings. The molecule has 1 aliphatic rings. The summed E-state index contributed by atoms with van der Waals surface area (Å²) < 4.78 is 71.8. The molecule has 4 rings (SSSR count). The number of carbonyl (C=O) groups is 1. The van der Waals surface area contributed by atoms with E-state index in [2.05, 4.69) is 10.3 Å². The quantitative estimate of drug-likeness (QED) is 0.601. The van der Waals surface area contributed by atoms with Gasteiger partial charge in [0.15, 0.2) is 5.69 Å². The minimum Gasteiger partial charge on any atom is -0.378 e. The van der Waals surface area contributed by atoms with Crippen LogP contribution in [-0.2, 0) is 27.3 Å². The van der Waals surface area contributed by atoms with E-state index < -0.39 is 34.0 Å². The van der Waals surface area contributed by atoms with Gasteiger partial charge in [-0.3, -0.25) is 9.20 Å². The zero-order chi connectivity index (χ0) is 23.8. The van der Waals surface area contributed by atoms with Crippen LogP contribution in [0.15, 0.2) is 47.8 Å². The third-order valence-corrected chi connectivity index (χ3v) is 6.23. The zero-order valence-electron chi connectivity index (χ0n) is 17.6. The van der Waals surface area contributed by atoms with Gasteiger partial charge in [-0.25, -0.2) is 13.4 Å². The number of benzene rings is 1. The number of carbonyl (C=O) groups excluding carboxylic acids is 1. The molecule has 12 heteroatoms. The van der Waals surface area contributed by atoms with E-state index in [1.807, 2.05) is 4.90 Å². The van der Waals surface area contributed by atoms with Crippen molar-refractivity contribution in [1.29, 1.82) is 0 Å². The smallest absolute Gasteiger partial charge is 0.378 e. The minimum atomic E-state index is -4.62. The molecular formula is C21H21F3N4O4S. The number of amides is 1. The van der Waals surface area contributed by atoms with Crippen LogP contribution in [0, 0.1) is 0 Å². The fourth-order valence-electron chi connectivity index (χ4n) is 3.70. The van der Waals surface area contributed by atoms with Crippen LogP contribution in [0.4, 0.5) is 18.9 Å². The molecule has 1 amide bonds. The van der Waals surface area contributed by atoms with Crippen LogP contribution in [0.5, 0.6) is 0 Å². The number of anilines is 1. The van der Waals surface area contributed by atoms with Gasteiger partial charge in [-0.15, -0.1) is 0 Å². The normalized spacial score (nSPS) is 15.1. The number of ether oxygens (including phenoxy) is 1. The van der Waals surface area contributed by atoms with E-state index in [1.54, 1.807) is 18.2 Å². The van der Waals surface area contributed by atoms with Crippen molar-refractivity contribution in [3.63, 3.8) is 0 Å². The van der Waals surface area contributed by atoms with Crippen molar-refractivity contribution in [3.8, 4) is 0 Å². The number of sulfone groups is 1. The maximum absolute atomic E-state index is 13.7. The lowest BCUT2D eigenvalue weighted by molar-refractivity contribution is -0.138. The number of hydrogen-bond acceptors (Lipinski definition) is 6. The maximum Gasteiger partial charge on any atom is 0.416 e. The first kappa shape index (κ1) is 23.1. The molecule has 1 N–H and O–H groups in total. The largest absolute Gasteiger partial charge is 0.416 e. The van der Waals surface area contributed by atoms with Gasteiger partial charge in [0.2, 0.25) is 15.0 Å². The Labute approximate surface area is 187 Å². The van der Waals surface area contributed by atoms with Crippen molar-refractivity contribution >= 4 is 26.9 Å². The third-order valence-electron chi connectivity index (χ3n) is 5.28. The lowest BCUT2D eigenvalue weighted by Gasteiger charge is -2.29. The van der Waals surface area contributed by atoms with E-state index in [9.17, 15) is 26.4 Å². The van der Waals surface area contributed by atoms with Gasteiger partial charge in [-0.1, -0.05) is 12.1 Å². The predicted octanol–water partition coefficient (Wildman–Crippen LogP) is 2.52. The topological polar surface area (TPSA) is 93.0 Å². The van der Waals surface area contributed by atoms with Crippen molar-refractivity contribution < 1.29 is 31.1 Å². The maximum atomic E-state index is 13.7. The Morgan fingerprint density at radius 2 is 1.91 bits per heavy atom. The van der Waals surface area contributed by atoms with Crippen LogP contribution in [-0.4, -0.2) is 56.3 Å². The number of hydrogen-bond donors (Lipinski definition) is 1. The average molecular weight is 482 g/mol. The van der Waals surface area contributed by atoms with E-state index >= 15 is 0 Å². The van der Waals surface area contributed by atoms with Crippen molar-refractivity contribution in [2.24, 2.45) is 0 Å². The van der Waals surface area contributed by atoms with Gasteiger partial charge in [0.1, 0.15) is 0 Å². The molecule has 0 atom stereocenters. The fourth-order valence-corrected chi connectivity index (χ4v) is 4.47. The summed E-state index contributed by atoms with van der Waals surface area (Å²) in [5.41, 5.74) is -0.486. The van der Waals surface area contributed by atoms with Crippen molar-refractivity contribution in [3.05, 3.63) is 59.4 Å². The molecule has 1 saturated heterocycles. The number of aromatic nitrogens is 2. The second-order valence-corrected chi connectivity index (χ2v) is 9.50. The van der Waals surface area contributed by atoms with Crippen LogP contribution in [0.2, 0.25) is 0 Å². The third kappa shape index (κ3) is 4.81. The Bertz CT molecular complexity index is 1300. The number of halogens is 3. The number of pyridine rings is 1. The number of rotatable bonds is 5. The number of nitrogens with zero attached hydrogens (tertiary/aromatic N) is 3. The molecule has 0 spiro atoms. The number of imidazole rings is 1. The zero-order valence-corrected chi connectivity index (χ0v) is 18.4. The van der Waals surface area contributed by atoms with Crippen molar-refractivity contribution in [1.82, 2.24) is 14.7 Å². The molecular weight excluding hydrogens is 461 g/mol. The second-order valence-electron chi connectivity index (χ2n) is 7.59. The van der Waals surface area contributed by atoms with E-state index in [0.29, 0.717) is 32.0 Å². The molecule has 2 aromatic heterocycles. The fraction of sp³-hybridized carbons (Fsp3) is 0.333. The SMILES string of the molecule is CS(=O)(=O)c1nc(C(=O)NCc2ccc(N3CCOCC3)cc2C(F)(F)F)c2ccccn12. The first-order valence-electron chi connectivity index (χ1n) is 10.0. The summed E-state index contributed by atoms with van der Waals surface area (Å²) in [6.07, 6.45) is -2.21. The predicted molar refractivity (Wildman–Crippen MR) is 114 cm³/mol. The van der Waals surface area contributed by atoms with Gasteiger partial charge < -0.3 is 15.0 Å². The summed E-state index contributed by atoms with van der Waals surface area (Å²) in [4.78, 5) is 18.5. The highest BCUT2D eigenvalue weighted by Gasteiger charge is 2.34. The molecule has 0 bridgehead atoms. The number of alkyl halides is 3. The molecule has 1 aromatic carbocycles. The van der Waals surface area contributed by atoms with Crippen LogP contribution in [0.3, 0.4) is 0 Å².